The molecule has 1 aliphatic heterocycles. The van der Waals surface area contributed by atoms with Crippen LogP contribution in [0, 0.1) is 0 Å². The Balaban J connectivity index is 1.62. The minimum Gasteiger partial charge on any atom is -0.503 e. The third-order valence-corrected chi connectivity index (χ3v) is 6.10. The number of aromatic nitrogens is 1. The number of ether oxygens (including phenoxy) is 2. The molecule has 2 aromatic carbocycles. The Morgan fingerprint density at radius 3 is 2.58 bits per heavy atom. The van der Waals surface area contributed by atoms with E-state index in [4.69, 9.17) is 13.9 Å². The lowest BCUT2D eigenvalue weighted by atomic mass is 9.94. The first kappa shape index (κ1) is 23.2. The number of carbonyl (C=O) groups is 2. The summed E-state index contributed by atoms with van der Waals surface area (Å²) in [5.74, 6) is -0.789. The molecule has 0 radical (unpaired) electrons. The highest BCUT2D eigenvalue weighted by Crippen LogP contribution is 2.42. The average Bonchev–Trinajstić information content (AvgIpc) is 3.44. The number of hydrogen-bond acceptors (Lipinski definition) is 7. The number of amides is 1. The Morgan fingerprint density at radius 2 is 1.86 bits per heavy atom. The van der Waals surface area contributed by atoms with Gasteiger partial charge in [0.05, 0.1) is 25.3 Å². The van der Waals surface area contributed by atoms with E-state index < -0.39 is 23.5 Å². The SMILES string of the molecule is CCOc1ccc(C2C(C(=O)c3cc4ccccc4o3)=C(O)C(=O)N2Cc2ccncc2)cc1OC. The molecular formula is C28H24N2O6. The summed E-state index contributed by atoms with van der Waals surface area (Å²) in [7, 11) is 1.52. The van der Waals surface area contributed by atoms with Crippen LogP contribution in [-0.2, 0) is 11.3 Å². The number of benzene rings is 2. The number of Topliss-reactive ketones (excluding diaryl/α,β-unsaturated/α-hetero) is 1. The first-order valence-electron chi connectivity index (χ1n) is 11.5. The predicted molar refractivity (Wildman–Crippen MR) is 132 cm³/mol. The van der Waals surface area contributed by atoms with Gasteiger partial charge in [0.1, 0.15) is 5.58 Å². The zero-order valence-electron chi connectivity index (χ0n) is 19.8. The number of fused-ring (bicyclic) bond motifs is 1. The second-order valence-corrected chi connectivity index (χ2v) is 8.27. The Bertz CT molecular complexity index is 1440. The fourth-order valence-electron chi connectivity index (χ4n) is 4.44. The summed E-state index contributed by atoms with van der Waals surface area (Å²) in [6, 6.07) is 16.7. The van der Waals surface area contributed by atoms with Gasteiger partial charge in [0.25, 0.3) is 5.91 Å². The molecule has 1 unspecified atom stereocenters. The number of methoxy groups -OCH3 is 1. The van der Waals surface area contributed by atoms with Gasteiger partial charge in [0.15, 0.2) is 23.0 Å². The van der Waals surface area contributed by atoms with Gasteiger partial charge in [-0.15, -0.1) is 0 Å². The zero-order chi connectivity index (χ0) is 25.2. The molecule has 5 rings (SSSR count). The monoisotopic (exact) mass is 484 g/mol. The minimum absolute atomic E-state index is 0.0409. The van der Waals surface area contributed by atoms with Crippen molar-refractivity contribution in [1.82, 2.24) is 9.88 Å². The van der Waals surface area contributed by atoms with E-state index in [0.29, 0.717) is 29.3 Å². The summed E-state index contributed by atoms with van der Waals surface area (Å²) < 4.78 is 16.9. The highest BCUT2D eigenvalue weighted by atomic mass is 16.5. The maximum absolute atomic E-state index is 13.7. The van der Waals surface area contributed by atoms with Crippen LogP contribution in [0.4, 0.5) is 0 Å². The van der Waals surface area contributed by atoms with Crippen LogP contribution < -0.4 is 9.47 Å². The van der Waals surface area contributed by atoms with Crippen molar-refractivity contribution in [3.63, 3.8) is 0 Å². The van der Waals surface area contributed by atoms with Crippen LogP contribution in [0.1, 0.15) is 34.6 Å². The fourth-order valence-corrected chi connectivity index (χ4v) is 4.44. The second kappa shape index (κ2) is 9.58. The van der Waals surface area contributed by atoms with E-state index in [-0.39, 0.29) is 17.9 Å². The fraction of sp³-hybridized carbons (Fsp3) is 0.179. The van der Waals surface area contributed by atoms with Gasteiger partial charge in [-0.1, -0.05) is 24.3 Å². The summed E-state index contributed by atoms with van der Waals surface area (Å²) in [6.07, 6.45) is 3.25. The number of pyridine rings is 1. The number of para-hydroxylation sites is 1. The Labute approximate surface area is 207 Å². The van der Waals surface area contributed by atoms with Crippen LogP contribution in [0.3, 0.4) is 0 Å². The van der Waals surface area contributed by atoms with E-state index in [1.165, 1.54) is 12.0 Å². The summed E-state index contributed by atoms with van der Waals surface area (Å²) >= 11 is 0. The van der Waals surface area contributed by atoms with Crippen LogP contribution >= 0.6 is 0 Å². The number of rotatable bonds is 8. The molecule has 1 amide bonds. The molecule has 182 valence electrons. The van der Waals surface area contributed by atoms with E-state index in [1.807, 2.05) is 19.1 Å². The molecule has 8 nitrogen and oxygen atoms in total. The van der Waals surface area contributed by atoms with Gasteiger partial charge in [-0.25, -0.2) is 0 Å². The number of aliphatic hydroxyl groups excluding tert-OH is 1. The molecule has 0 aliphatic carbocycles. The number of aliphatic hydroxyl groups is 1. The highest BCUT2D eigenvalue weighted by molar-refractivity contribution is 6.16. The number of hydrogen-bond donors (Lipinski definition) is 1. The van der Waals surface area contributed by atoms with Crippen molar-refractivity contribution >= 4 is 22.7 Å². The van der Waals surface area contributed by atoms with Crippen molar-refractivity contribution in [3.05, 3.63) is 101 Å². The van der Waals surface area contributed by atoms with Gasteiger partial charge in [0.2, 0.25) is 5.78 Å². The van der Waals surface area contributed by atoms with E-state index in [0.717, 1.165) is 10.9 Å². The smallest absolute Gasteiger partial charge is 0.290 e. The highest BCUT2D eigenvalue weighted by Gasteiger charge is 2.44. The molecule has 2 aromatic heterocycles. The van der Waals surface area contributed by atoms with E-state index in [1.54, 1.807) is 60.9 Å². The molecular weight excluding hydrogens is 460 g/mol. The summed E-state index contributed by atoms with van der Waals surface area (Å²) in [4.78, 5) is 32.5. The Hall–Kier alpha value is -4.59. The molecule has 0 spiro atoms. The number of nitrogens with zero attached hydrogens (tertiary/aromatic N) is 2. The molecule has 1 aliphatic rings. The molecule has 0 saturated heterocycles. The van der Waals surface area contributed by atoms with Crippen molar-refractivity contribution in [2.24, 2.45) is 0 Å². The molecule has 36 heavy (non-hydrogen) atoms. The Morgan fingerprint density at radius 1 is 1.08 bits per heavy atom. The first-order chi connectivity index (χ1) is 17.5. The standard InChI is InChI=1S/C28H24N2O6/c1-3-35-21-9-8-19(15-22(21)34-2)25-24(26(31)23-14-18-6-4-5-7-20(18)36-23)27(32)28(33)30(25)16-17-10-12-29-13-11-17/h4-15,25,32H,3,16H2,1-2H3. The molecule has 0 fully saturated rings. The second-order valence-electron chi connectivity index (χ2n) is 8.27. The predicted octanol–water partition coefficient (Wildman–Crippen LogP) is 5.01. The largest absolute Gasteiger partial charge is 0.503 e. The van der Waals surface area contributed by atoms with Crippen LogP contribution in [0.25, 0.3) is 11.0 Å². The van der Waals surface area contributed by atoms with Gasteiger partial charge in [-0.2, -0.15) is 0 Å². The molecule has 0 bridgehead atoms. The quantitative estimate of drug-likeness (QED) is 0.351. The lowest BCUT2D eigenvalue weighted by molar-refractivity contribution is -0.130. The van der Waals surface area contributed by atoms with Gasteiger partial charge >= 0.3 is 0 Å². The molecule has 8 heteroatoms. The van der Waals surface area contributed by atoms with Crippen LogP contribution in [0.15, 0.2) is 88.8 Å². The lowest BCUT2D eigenvalue weighted by Gasteiger charge is -2.27. The van der Waals surface area contributed by atoms with Gasteiger partial charge < -0.3 is 23.9 Å². The molecule has 4 aromatic rings. The third-order valence-electron chi connectivity index (χ3n) is 6.10. The van der Waals surface area contributed by atoms with Crippen molar-refractivity contribution in [3.8, 4) is 11.5 Å². The number of carbonyl (C=O) groups excluding carboxylic acids is 2. The molecule has 1 atom stereocenters. The average molecular weight is 485 g/mol. The van der Waals surface area contributed by atoms with E-state index in [9.17, 15) is 14.7 Å². The molecule has 3 heterocycles. The zero-order valence-corrected chi connectivity index (χ0v) is 19.8. The lowest BCUT2D eigenvalue weighted by Crippen LogP contribution is -2.30. The Kier molecular flexibility index (Phi) is 6.16. The van der Waals surface area contributed by atoms with Crippen molar-refractivity contribution in [1.29, 1.82) is 0 Å². The maximum atomic E-state index is 13.7. The van der Waals surface area contributed by atoms with E-state index >= 15 is 0 Å². The first-order valence-corrected chi connectivity index (χ1v) is 11.5. The van der Waals surface area contributed by atoms with Crippen LogP contribution in [0.5, 0.6) is 11.5 Å². The summed E-state index contributed by atoms with van der Waals surface area (Å²) in [6.45, 7) is 2.47. The van der Waals surface area contributed by atoms with Crippen LogP contribution in [0.2, 0.25) is 0 Å². The molecule has 1 N–H and O–H groups in total. The van der Waals surface area contributed by atoms with Gasteiger partial charge in [0, 0.05) is 24.3 Å². The van der Waals surface area contributed by atoms with Gasteiger partial charge in [-0.3, -0.25) is 14.6 Å². The number of furan rings is 1. The van der Waals surface area contributed by atoms with Crippen molar-refractivity contribution in [2.45, 2.75) is 19.5 Å². The van der Waals surface area contributed by atoms with E-state index in [2.05, 4.69) is 4.98 Å². The summed E-state index contributed by atoms with van der Waals surface area (Å²) in [5.41, 5.74) is 1.87. The third kappa shape index (κ3) is 4.07. The number of ketones is 1. The van der Waals surface area contributed by atoms with Gasteiger partial charge in [-0.05, 0) is 54.4 Å². The minimum atomic E-state index is -0.879. The summed E-state index contributed by atoms with van der Waals surface area (Å²) in [5, 5.41) is 11.7. The topological polar surface area (TPSA) is 102 Å². The maximum Gasteiger partial charge on any atom is 0.290 e. The van der Waals surface area contributed by atoms with Crippen molar-refractivity contribution < 1.29 is 28.6 Å². The van der Waals surface area contributed by atoms with Crippen molar-refractivity contribution in [2.75, 3.05) is 13.7 Å². The van der Waals surface area contributed by atoms with Crippen LogP contribution in [-0.4, -0.2) is 40.4 Å². The molecule has 0 saturated carbocycles. The normalized spacial score (nSPS) is 15.6.